The Morgan fingerprint density at radius 3 is 2.47 bits per heavy atom. The van der Waals surface area contributed by atoms with Gasteiger partial charge in [-0.25, -0.2) is 4.79 Å². The molecule has 2 aromatic rings. The predicted molar refractivity (Wildman–Crippen MR) is 112 cm³/mol. The van der Waals surface area contributed by atoms with E-state index in [9.17, 15) is 14.4 Å². The number of amides is 4. The van der Waals surface area contributed by atoms with E-state index in [4.69, 9.17) is 4.42 Å². The van der Waals surface area contributed by atoms with Crippen LogP contribution in [0.15, 0.2) is 34.9 Å². The number of rotatable bonds is 4. The average Bonchev–Trinajstić information content (AvgIpc) is 3.36. The van der Waals surface area contributed by atoms with Crippen molar-refractivity contribution in [3.8, 4) is 0 Å². The van der Waals surface area contributed by atoms with Crippen LogP contribution < -0.4 is 15.5 Å². The normalized spacial score (nSPS) is 17.2. The zero-order valence-electron chi connectivity index (χ0n) is 17.2. The van der Waals surface area contributed by atoms with Gasteiger partial charge in [0.05, 0.1) is 6.26 Å². The van der Waals surface area contributed by atoms with Crippen LogP contribution in [0.3, 0.4) is 0 Å². The number of hydrogen-bond acceptors (Lipinski definition) is 4. The molecule has 2 saturated heterocycles. The molecule has 4 amide bonds. The lowest BCUT2D eigenvalue weighted by molar-refractivity contribution is 0.0695. The summed E-state index contributed by atoms with van der Waals surface area (Å²) in [5, 5.41) is 5.79. The summed E-state index contributed by atoms with van der Waals surface area (Å²) >= 11 is 0. The summed E-state index contributed by atoms with van der Waals surface area (Å²) in [4.78, 5) is 40.7. The average molecular weight is 410 g/mol. The molecule has 0 radical (unpaired) electrons. The number of benzene rings is 1. The first kappa shape index (κ1) is 20.0. The lowest BCUT2D eigenvalue weighted by Crippen LogP contribution is -2.46. The third kappa shape index (κ3) is 3.90. The summed E-state index contributed by atoms with van der Waals surface area (Å²) in [6, 6.07) is 7.14. The van der Waals surface area contributed by atoms with Gasteiger partial charge in [0.15, 0.2) is 5.76 Å². The summed E-state index contributed by atoms with van der Waals surface area (Å²) in [5.41, 5.74) is 3.15. The van der Waals surface area contributed by atoms with E-state index in [1.54, 1.807) is 17.0 Å². The van der Waals surface area contributed by atoms with Gasteiger partial charge in [0.25, 0.3) is 11.8 Å². The van der Waals surface area contributed by atoms with Gasteiger partial charge in [-0.1, -0.05) is 0 Å². The Morgan fingerprint density at radius 1 is 1.10 bits per heavy atom. The Labute approximate surface area is 175 Å². The van der Waals surface area contributed by atoms with Crippen LogP contribution in [0.2, 0.25) is 0 Å². The number of carbonyl (C=O) groups excluding carboxylic acids is 3. The molecule has 4 rings (SSSR count). The second kappa shape index (κ2) is 8.22. The van der Waals surface area contributed by atoms with E-state index >= 15 is 0 Å². The van der Waals surface area contributed by atoms with Crippen molar-refractivity contribution in [3.63, 3.8) is 0 Å². The van der Waals surface area contributed by atoms with Gasteiger partial charge >= 0.3 is 6.03 Å². The Balaban J connectivity index is 1.35. The molecule has 2 aliphatic rings. The lowest BCUT2D eigenvalue weighted by atomic mass is 10.0. The van der Waals surface area contributed by atoms with Gasteiger partial charge in [0.1, 0.15) is 0 Å². The van der Waals surface area contributed by atoms with Gasteiger partial charge in [-0.2, -0.15) is 0 Å². The topological polar surface area (TPSA) is 94.9 Å². The fourth-order valence-electron chi connectivity index (χ4n) is 4.06. The molecule has 0 bridgehead atoms. The van der Waals surface area contributed by atoms with Crippen LogP contribution in [-0.2, 0) is 0 Å². The van der Waals surface area contributed by atoms with E-state index < -0.39 is 0 Å². The van der Waals surface area contributed by atoms with Crippen LogP contribution in [0.25, 0.3) is 0 Å². The third-order valence-corrected chi connectivity index (χ3v) is 5.78. The molecular weight excluding hydrogens is 384 g/mol. The quantitative estimate of drug-likeness (QED) is 0.810. The van der Waals surface area contributed by atoms with Crippen molar-refractivity contribution in [2.45, 2.75) is 32.7 Å². The number of nitrogens with one attached hydrogen (secondary N) is 2. The van der Waals surface area contributed by atoms with Gasteiger partial charge in [0.2, 0.25) is 0 Å². The molecule has 1 aromatic heterocycles. The standard InChI is InChI=1S/C22H26N4O4/c1-14-7-12-30-19(14)20(27)24-17-5-9-25(10-6-17)21(28)16-3-4-18(15(2)13-16)26-11-8-23-22(26)29/h3-4,7,12-13,17H,5-6,8-11H2,1-2H3,(H,23,29)(H,24,27). The van der Waals surface area contributed by atoms with Crippen molar-refractivity contribution in [2.75, 3.05) is 31.1 Å². The maximum atomic E-state index is 12.9. The first-order valence-electron chi connectivity index (χ1n) is 10.2. The Kier molecular flexibility index (Phi) is 5.48. The zero-order valence-corrected chi connectivity index (χ0v) is 17.2. The highest BCUT2D eigenvalue weighted by molar-refractivity contribution is 5.98. The van der Waals surface area contributed by atoms with E-state index in [2.05, 4.69) is 10.6 Å². The third-order valence-electron chi connectivity index (χ3n) is 5.78. The molecule has 1 aromatic carbocycles. The minimum Gasteiger partial charge on any atom is -0.459 e. The van der Waals surface area contributed by atoms with Crippen molar-refractivity contribution < 1.29 is 18.8 Å². The Morgan fingerprint density at radius 2 is 1.87 bits per heavy atom. The second-order valence-corrected chi connectivity index (χ2v) is 7.86. The zero-order chi connectivity index (χ0) is 21.3. The van der Waals surface area contributed by atoms with Crippen LogP contribution >= 0.6 is 0 Å². The molecule has 3 heterocycles. The van der Waals surface area contributed by atoms with Crippen molar-refractivity contribution >= 4 is 23.5 Å². The SMILES string of the molecule is Cc1cc(C(=O)N2CCC(NC(=O)c3occc3C)CC2)ccc1N1CCNC1=O. The number of urea groups is 1. The van der Waals surface area contributed by atoms with Crippen LogP contribution in [0.4, 0.5) is 10.5 Å². The van der Waals surface area contributed by atoms with E-state index in [1.165, 1.54) is 6.26 Å². The monoisotopic (exact) mass is 410 g/mol. The molecule has 8 heteroatoms. The first-order chi connectivity index (χ1) is 14.4. The molecule has 0 unspecified atom stereocenters. The predicted octanol–water partition coefficient (Wildman–Crippen LogP) is 2.46. The number of nitrogens with zero attached hydrogens (tertiary/aromatic N) is 2. The minimum atomic E-state index is -0.209. The molecule has 2 N–H and O–H groups in total. The summed E-state index contributed by atoms with van der Waals surface area (Å²) in [6.45, 7) is 6.17. The number of hydrogen-bond donors (Lipinski definition) is 2. The van der Waals surface area contributed by atoms with Crippen molar-refractivity contribution in [1.82, 2.24) is 15.5 Å². The lowest BCUT2D eigenvalue weighted by Gasteiger charge is -2.32. The molecule has 0 spiro atoms. The smallest absolute Gasteiger partial charge is 0.322 e. The molecular formula is C22H26N4O4. The maximum Gasteiger partial charge on any atom is 0.322 e. The van der Waals surface area contributed by atoms with Gasteiger partial charge in [-0.3, -0.25) is 14.5 Å². The molecule has 8 nitrogen and oxygen atoms in total. The molecule has 2 aliphatic heterocycles. The van der Waals surface area contributed by atoms with E-state index in [0.717, 1.165) is 16.8 Å². The maximum absolute atomic E-state index is 12.9. The molecule has 30 heavy (non-hydrogen) atoms. The highest BCUT2D eigenvalue weighted by Gasteiger charge is 2.27. The van der Waals surface area contributed by atoms with Crippen LogP contribution in [0, 0.1) is 13.8 Å². The number of anilines is 1. The fourth-order valence-corrected chi connectivity index (χ4v) is 4.06. The van der Waals surface area contributed by atoms with Crippen molar-refractivity contribution in [3.05, 3.63) is 53.0 Å². The number of furan rings is 1. The van der Waals surface area contributed by atoms with Crippen molar-refractivity contribution in [1.29, 1.82) is 0 Å². The second-order valence-electron chi connectivity index (χ2n) is 7.86. The molecule has 0 aliphatic carbocycles. The number of piperidine rings is 1. The van der Waals surface area contributed by atoms with Crippen molar-refractivity contribution in [2.24, 2.45) is 0 Å². The molecule has 2 fully saturated rings. The minimum absolute atomic E-state index is 0.0174. The number of carbonyl (C=O) groups is 3. The van der Waals surface area contributed by atoms with Gasteiger partial charge in [-0.15, -0.1) is 0 Å². The van der Waals surface area contributed by atoms with Gasteiger partial charge < -0.3 is 20.0 Å². The van der Waals surface area contributed by atoms with Gasteiger partial charge in [-0.05, 0) is 56.5 Å². The fraction of sp³-hybridized carbons (Fsp3) is 0.409. The molecule has 158 valence electrons. The largest absolute Gasteiger partial charge is 0.459 e. The molecule has 0 atom stereocenters. The van der Waals surface area contributed by atoms with Crippen LogP contribution in [-0.4, -0.2) is 55.0 Å². The first-order valence-corrected chi connectivity index (χ1v) is 10.2. The van der Waals surface area contributed by atoms with E-state index in [1.807, 2.05) is 30.9 Å². The number of likely N-dealkylation sites (tertiary alicyclic amines) is 1. The summed E-state index contributed by atoms with van der Waals surface area (Å²) < 4.78 is 5.24. The van der Waals surface area contributed by atoms with Crippen LogP contribution in [0.1, 0.15) is 44.9 Å². The Hall–Kier alpha value is -3.29. The van der Waals surface area contributed by atoms with E-state index in [0.29, 0.717) is 50.3 Å². The molecule has 0 saturated carbocycles. The van der Waals surface area contributed by atoms with Crippen LogP contribution in [0.5, 0.6) is 0 Å². The van der Waals surface area contributed by atoms with Gasteiger partial charge in [0, 0.05) is 49.0 Å². The number of aryl methyl sites for hydroxylation is 2. The highest BCUT2D eigenvalue weighted by Crippen LogP contribution is 2.24. The highest BCUT2D eigenvalue weighted by atomic mass is 16.3. The summed E-state index contributed by atoms with van der Waals surface area (Å²) in [7, 11) is 0. The summed E-state index contributed by atoms with van der Waals surface area (Å²) in [6.07, 6.45) is 2.90. The van der Waals surface area contributed by atoms with E-state index in [-0.39, 0.29) is 23.9 Å². The summed E-state index contributed by atoms with van der Waals surface area (Å²) in [5.74, 6) is 0.109. The Bertz CT molecular complexity index is 975.